The topological polar surface area (TPSA) is 61.8 Å². The first-order chi connectivity index (χ1) is 10.7. The molecule has 1 fully saturated rings. The van der Waals surface area contributed by atoms with Crippen molar-refractivity contribution in [2.24, 2.45) is 5.92 Å². The summed E-state index contributed by atoms with van der Waals surface area (Å²) in [5.41, 5.74) is 2.21. The van der Waals surface area contributed by atoms with Crippen LogP contribution in [0.4, 0.5) is 0 Å². The Morgan fingerprint density at radius 2 is 2.18 bits per heavy atom. The quantitative estimate of drug-likeness (QED) is 0.756. The molecule has 1 aromatic rings. The Kier molecular flexibility index (Phi) is 6.83. The van der Waals surface area contributed by atoms with Crippen molar-refractivity contribution < 1.29 is 14.6 Å². The van der Waals surface area contributed by atoms with Crippen LogP contribution in [-0.4, -0.2) is 48.8 Å². The van der Waals surface area contributed by atoms with E-state index in [2.05, 4.69) is 10.2 Å². The molecule has 0 bridgehead atoms. The third kappa shape index (κ3) is 5.09. The van der Waals surface area contributed by atoms with E-state index in [-0.39, 0.29) is 12.5 Å². The molecule has 1 heterocycles. The third-order valence-electron chi connectivity index (χ3n) is 4.05. The largest absolute Gasteiger partial charge is 0.396 e. The summed E-state index contributed by atoms with van der Waals surface area (Å²) in [5.74, 6) is 0.351. The maximum absolute atomic E-state index is 12.0. The Hall–Kier alpha value is -1.43. The highest BCUT2D eigenvalue weighted by atomic mass is 16.5. The number of amides is 1. The van der Waals surface area contributed by atoms with E-state index in [4.69, 9.17) is 9.84 Å². The predicted octanol–water partition coefficient (Wildman–Crippen LogP) is 1.15. The molecule has 1 saturated heterocycles. The first kappa shape index (κ1) is 16.9. The second kappa shape index (κ2) is 8.88. The molecule has 2 N–H and O–H groups in total. The van der Waals surface area contributed by atoms with Gasteiger partial charge in [-0.05, 0) is 36.9 Å². The molecule has 22 heavy (non-hydrogen) atoms. The molecule has 5 heteroatoms. The molecule has 1 atom stereocenters. The number of nitrogens with zero attached hydrogens (tertiary/aromatic N) is 1. The zero-order valence-electron chi connectivity index (χ0n) is 13.3. The summed E-state index contributed by atoms with van der Waals surface area (Å²) < 4.78 is 5.45. The Labute approximate surface area is 132 Å². The molecular formula is C17H26N2O3. The molecule has 1 unspecified atom stereocenters. The maximum Gasteiger partial charge on any atom is 0.234 e. The number of carbonyl (C=O) groups is 1. The van der Waals surface area contributed by atoms with Gasteiger partial charge in [0.25, 0.3) is 0 Å². The summed E-state index contributed by atoms with van der Waals surface area (Å²) in [4.78, 5) is 14.1. The lowest BCUT2D eigenvalue weighted by molar-refractivity contribution is -0.122. The molecule has 2 rings (SSSR count). The minimum Gasteiger partial charge on any atom is -0.396 e. The smallest absolute Gasteiger partial charge is 0.234 e. The number of likely N-dealkylation sites (tertiary alicyclic amines) is 1. The molecule has 1 aromatic carbocycles. The fourth-order valence-corrected chi connectivity index (χ4v) is 2.74. The highest BCUT2D eigenvalue weighted by Gasteiger charge is 2.23. The van der Waals surface area contributed by atoms with E-state index < -0.39 is 0 Å². The number of benzene rings is 1. The minimum absolute atomic E-state index is 0.0322. The number of carbonyl (C=O) groups excluding carboxylic acids is 1. The first-order valence-electron chi connectivity index (χ1n) is 7.97. The molecule has 0 saturated carbocycles. The second-order valence-electron chi connectivity index (χ2n) is 5.75. The van der Waals surface area contributed by atoms with E-state index in [1.165, 1.54) is 0 Å². The number of ether oxygens (including phenoxy) is 1. The van der Waals surface area contributed by atoms with Gasteiger partial charge in [0.1, 0.15) is 0 Å². The Balaban J connectivity index is 1.79. The highest BCUT2D eigenvalue weighted by Crippen LogP contribution is 2.14. The molecular weight excluding hydrogens is 280 g/mol. The number of hydrogen-bond acceptors (Lipinski definition) is 4. The molecule has 1 aliphatic heterocycles. The van der Waals surface area contributed by atoms with Crippen LogP contribution in [-0.2, 0) is 22.7 Å². The van der Waals surface area contributed by atoms with Gasteiger partial charge in [0, 0.05) is 26.3 Å². The van der Waals surface area contributed by atoms with Crippen LogP contribution in [0.1, 0.15) is 24.5 Å². The van der Waals surface area contributed by atoms with Crippen molar-refractivity contribution in [2.45, 2.75) is 26.5 Å². The van der Waals surface area contributed by atoms with E-state index >= 15 is 0 Å². The van der Waals surface area contributed by atoms with Crippen molar-refractivity contribution in [1.82, 2.24) is 10.2 Å². The lowest BCUT2D eigenvalue weighted by Gasteiger charge is -2.16. The van der Waals surface area contributed by atoms with E-state index in [0.717, 1.165) is 30.6 Å². The minimum atomic E-state index is 0.0322. The summed E-state index contributed by atoms with van der Waals surface area (Å²) in [6.45, 7) is 6.07. The van der Waals surface area contributed by atoms with Crippen LogP contribution in [0, 0.1) is 5.92 Å². The van der Waals surface area contributed by atoms with Gasteiger partial charge in [0.15, 0.2) is 0 Å². The Morgan fingerprint density at radius 3 is 2.86 bits per heavy atom. The van der Waals surface area contributed by atoms with Crippen LogP contribution in [0.15, 0.2) is 24.3 Å². The van der Waals surface area contributed by atoms with Crippen molar-refractivity contribution in [1.29, 1.82) is 0 Å². The van der Waals surface area contributed by atoms with Gasteiger partial charge in [0.2, 0.25) is 5.91 Å². The van der Waals surface area contributed by atoms with Crippen LogP contribution in [0.25, 0.3) is 0 Å². The van der Waals surface area contributed by atoms with Gasteiger partial charge in [-0.25, -0.2) is 0 Å². The summed E-state index contributed by atoms with van der Waals surface area (Å²) in [6, 6.07) is 8.01. The number of hydrogen-bond donors (Lipinski definition) is 2. The Morgan fingerprint density at radius 1 is 1.41 bits per heavy atom. The molecule has 0 aromatic heterocycles. The highest BCUT2D eigenvalue weighted by molar-refractivity contribution is 5.78. The number of rotatable bonds is 8. The third-order valence-corrected chi connectivity index (χ3v) is 4.05. The molecule has 1 amide bonds. The van der Waals surface area contributed by atoms with Crippen molar-refractivity contribution in [3.8, 4) is 0 Å². The zero-order valence-corrected chi connectivity index (χ0v) is 13.3. The standard InChI is InChI=1S/C17H26N2O3/c1-2-22-13-16-6-4-3-5-15(16)9-18-17(21)11-19-8-7-14(10-19)12-20/h3-6,14,20H,2,7-13H2,1H3,(H,18,21). The van der Waals surface area contributed by atoms with Crippen LogP contribution in [0.2, 0.25) is 0 Å². The molecule has 5 nitrogen and oxygen atoms in total. The normalized spacial score (nSPS) is 18.5. The summed E-state index contributed by atoms with van der Waals surface area (Å²) >= 11 is 0. The van der Waals surface area contributed by atoms with E-state index in [1.54, 1.807) is 0 Å². The molecule has 0 radical (unpaired) electrons. The molecule has 0 spiro atoms. The molecule has 0 aliphatic carbocycles. The molecule has 1 aliphatic rings. The van der Waals surface area contributed by atoms with Crippen molar-refractivity contribution in [2.75, 3.05) is 32.8 Å². The van der Waals surface area contributed by atoms with Crippen molar-refractivity contribution in [3.05, 3.63) is 35.4 Å². The van der Waals surface area contributed by atoms with Gasteiger partial charge < -0.3 is 15.2 Å². The van der Waals surface area contributed by atoms with Crippen molar-refractivity contribution in [3.63, 3.8) is 0 Å². The fourth-order valence-electron chi connectivity index (χ4n) is 2.74. The number of aliphatic hydroxyl groups excluding tert-OH is 1. The lowest BCUT2D eigenvalue weighted by Crippen LogP contribution is -2.36. The van der Waals surface area contributed by atoms with Gasteiger partial charge in [-0.1, -0.05) is 24.3 Å². The number of aliphatic hydroxyl groups is 1. The molecule has 122 valence electrons. The average Bonchev–Trinajstić information content (AvgIpc) is 2.99. The zero-order chi connectivity index (χ0) is 15.8. The summed E-state index contributed by atoms with van der Waals surface area (Å²) in [5, 5.41) is 12.1. The number of nitrogens with one attached hydrogen (secondary N) is 1. The van der Waals surface area contributed by atoms with E-state index in [1.807, 2.05) is 31.2 Å². The summed E-state index contributed by atoms with van der Waals surface area (Å²) in [7, 11) is 0. The van der Waals surface area contributed by atoms with Crippen LogP contribution in [0.5, 0.6) is 0 Å². The van der Waals surface area contributed by atoms with E-state index in [9.17, 15) is 4.79 Å². The fraction of sp³-hybridized carbons (Fsp3) is 0.588. The second-order valence-corrected chi connectivity index (χ2v) is 5.75. The predicted molar refractivity (Wildman–Crippen MR) is 85.3 cm³/mol. The monoisotopic (exact) mass is 306 g/mol. The van der Waals surface area contributed by atoms with Crippen molar-refractivity contribution >= 4 is 5.91 Å². The van der Waals surface area contributed by atoms with Gasteiger partial charge in [0.05, 0.1) is 13.2 Å². The summed E-state index contributed by atoms with van der Waals surface area (Å²) in [6.07, 6.45) is 0.973. The van der Waals surface area contributed by atoms with Gasteiger partial charge in [-0.3, -0.25) is 9.69 Å². The maximum atomic E-state index is 12.0. The van der Waals surface area contributed by atoms with E-state index in [0.29, 0.717) is 32.2 Å². The lowest BCUT2D eigenvalue weighted by atomic mass is 10.1. The first-order valence-corrected chi connectivity index (χ1v) is 7.97. The average molecular weight is 306 g/mol. The van der Waals surface area contributed by atoms with Crippen LogP contribution >= 0.6 is 0 Å². The Bertz CT molecular complexity index is 479. The van der Waals surface area contributed by atoms with Gasteiger partial charge in [-0.2, -0.15) is 0 Å². The SMILES string of the molecule is CCOCc1ccccc1CNC(=O)CN1CCC(CO)C1. The van der Waals surface area contributed by atoms with Crippen LogP contribution in [0.3, 0.4) is 0 Å². The van der Waals surface area contributed by atoms with Crippen LogP contribution < -0.4 is 5.32 Å². The van der Waals surface area contributed by atoms with Gasteiger partial charge in [-0.15, -0.1) is 0 Å². The van der Waals surface area contributed by atoms with Gasteiger partial charge >= 0.3 is 0 Å².